The minimum absolute atomic E-state index is 0.0113. The fraction of sp³-hybridized carbons (Fsp3) is 0.125. The summed E-state index contributed by atoms with van der Waals surface area (Å²) in [4.78, 5) is 21.3. The van der Waals surface area contributed by atoms with Gasteiger partial charge in [-0.3, -0.25) is 4.79 Å². The first-order chi connectivity index (χ1) is 9.65. The van der Waals surface area contributed by atoms with Crippen LogP contribution in [-0.4, -0.2) is 34.9 Å². The van der Waals surface area contributed by atoms with Gasteiger partial charge in [0, 0.05) is 25.2 Å². The van der Waals surface area contributed by atoms with Crippen LogP contribution in [0.2, 0.25) is 0 Å². The summed E-state index contributed by atoms with van der Waals surface area (Å²) in [6, 6.07) is 15.5. The molecular weight excluding hydrogens is 250 g/mol. The molecule has 1 amide bonds. The predicted octanol–water partition coefficient (Wildman–Crippen LogP) is 2.93. The highest BCUT2D eigenvalue weighted by molar-refractivity contribution is 5.97. The Hall–Kier alpha value is -2.62. The molecule has 0 aliphatic heterocycles. The second-order valence-electron chi connectivity index (χ2n) is 4.88. The predicted molar refractivity (Wildman–Crippen MR) is 79.5 cm³/mol. The maximum absolute atomic E-state index is 12.0. The number of amides is 1. The molecule has 0 aliphatic carbocycles. The zero-order valence-corrected chi connectivity index (χ0v) is 11.4. The van der Waals surface area contributed by atoms with Gasteiger partial charge >= 0.3 is 0 Å². The van der Waals surface area contributed by atoms with Crippen LogP contribution in [0.15, 0.2) is 48.5 Å². The molecule has 1 heterocycles. The third-order valence-corrected chi connectivity index (χ3v) is 3.18. The van der Waals surface area contributed by atoms with Crippen LogP contribution >= 0.6 is 0 Å². The van der Waals surface area contributed by atoms with Crippen molar-refractivity contribution in [3.8, 4) is 11.4 Å². The second kappa shape index (κ2) is 4.81. The van der Waals surface area contributed by atoms with Crippen molar-refractivity contribution in [1.82, 2.24) is 14.9 Å². The molecule has 0 spiro atoms. The van der Waals surface area contributed by atoms with Gasteiger partial charge in [0.25, 0.3) is 5.91 Å². The molecule has 1 N–H and O–H groups in total. The lowest BCUT2D eigenvalue weighted by Crippen LogP contribution is -2.21. The number of benzene rings is 2. The summed E-state index contributed by atoms with van der Waals surface area (Å²) < 4.78 is 0. The van der Waals surface area contributed by atoms with Crippen molar-refractivity contribution in [1.29, 1.82) is 0 Å². The fourth-order valence-electron chi connectivity index (χ4n) is 2.13. The van der Waals surface area contributed by atoms with Gasteiger partial charge in [0.05, 0.1) is 11.0 Å². The van der Waals surface area contributed by atoms with Gasteiger partial charge in [0.1, 0.15) is 5.82 Å². The van der Waals surface area contributed by atoms with Gasteiger partial charge in [0.15, 0.2) is 0 Å². The number of nitrogens with one attached hydrogen (secondary N) is 1. The summed E-state index contributed by atoms with van der Waals surface area (Å²) in [5, 5.41) is 0. The summed E-state index contributed by atoms with van der Waals surface area (Å²) in [6.07, 6.45) is 0. The summed E-state index contributed by atoms with van der Waals surface area (Å²) in [5.74, 6) is 0.804. The van der Waals surface area contributed by atoms with Crippen LogP contribution in [0.4, 0.5) is 0 Å². The van der Waals surface area contributed by atoms with Gasteiger partial charge in [-0.2, -0.15) is 0 Å². The van der Waals surface area contributed by atoms with E-state index in [4.69, 9.17) is 0 Å². The number of carbonyl (C=O) groups is 1. The molecule has 0 aliphatic rings. The Bertz CT molecular complexity index is 760. The average Bonchev–Trinajstić information content (AvgIpc) is 2.90. The lowest BCUT2D eigenvalue weighted by Gasteiger charge is -2.09. The van der Waals surface area contributed by atoms with E-state index in [1.54, 1.807) is 25.1 Å². The molecule has 100 valence electrons. The van der Waals surface area contributed by atoms with Crippen LogP contribution in [0, 0.1) is 0 Å². The zero-order chi connectivity index (χ0) is 14.1. The number of hydrogen-bond donors (Lipinski definition) is 1. The molecule has 0 unspecified atom stereocenters. The van der Waals surface area contributed by atoms with Crippen molar-refractivity contribution < 1.29 is 4.79 Å². The van der Waals surface area contributed by atoms with Crippen molar-refractivity contribution in [2.45, 2.75) is 0 Å². The number of hydrogen-bond acceptors (Lipinski definition) is 2. The van der Waals surface area contributed by atoms with Crippen LogP contribution in [0.3, 0.4) is 0 Å². The summed E-state index contributed by atoms with van der Waals surface area (Å²) >= 11 is 0. The lowest BCUT2D eigenvalue weighted by atomic mass is 10.2. The number of carbonyl (C=O) groups excluding carboxylic acids is 1. The van der Waals surface area contributed by atoms with Crippen molar-refractivity contribution >= 4 is 16.9 Å². The van der Waals surface area contributed by atoms with E-state index in [0.717, 1.165) is 22.4 Å². The van der Waals surface area contributed by atoms with Gasteiger partial charge in [-0.15, -0.1) is 0 Å². The fourth-order valence-corrected chi connectivity index (χ4v) is 2.13. The highest BCUT2D eigenvalue weighted by Gasteiger charge is 2.11. The molecule has 3 aromatic rings. The number of rotatable bonds is 2. The average molecular weight is 265 g/mol. The number of H-pyrrole nitrogens is 1. The van der Waals surface area contributed by atoms with Gasteiger partial charge in [-0.25, -0.2) is 4.98 Å². The van der Waals surface area contributed by atoms with Gasteiger partial charge in [0.2, 0.25) is 0 Å². The summed E-state index contributed by atoms with van der Waals surface area (Å²) in [5.41, 5.74) is 3.42. The quantitative estimate of drug-likeness (QED) is 0.774. The molecular formula is C16H15N3O. The molecule has 4 nitrogen and oxygen atoms in total. The molecule has 4 heteroatoms. The summed E-state index contributed by atoms with van der Waals surface area (Å²) in [6.45, 7) is 0. The number of nitrogens with zero attached hydrogens (tertiary/aromatic N) is 2. The molecule has 3 rings (SSSR count). The van der Waals surface area contributed by atoms with Crippen LogP contribution < -0.4 is 0 Å². The third-order valence-electron chi connectivity index (χ3n) is 3.18. The monoisotopic (exact) mass is 265 g/mol. The number of imidazole rings is 1. The molecule has 0 bridgehead atoms. The molecule has 0 fully saturated rings. The van der Waals surface area contributed by atoms with E-state index in [2.05, 4.69) is 9.97 Å². The lowest BCUT2D eigenvalue weighted by molar-refractivity contribution is 0.0828. The van der Waals surface area contributed by atoms with E-state index < -0.39 is 0 Å². The Morgan fingerprint density at radius 1 is 1.10 bits per heavy atom. The SMILES string of the molecule is CN(C)C(=O)c1ccc2nc(-c3ccccc3)[nH]c2c1. The van der Waals surface area contributed by atoms with E-state index in [1.807, 2.05) is 42.5 Å². The van der Waals surface area contributed by atoms with Gasteiger partial charge in [-0.05, 0) is 18.2 Å². The van der Waals surface area contributed by atoms with Gasteiger partial charge < -0.3 is 9.88 Å². The van der Waals surface area contributed by atoms with Crippen LogP contribution in [-0.2, 0) is 0 Å². The third kappa shape index (κ3) is 2.16. The Kier molecular flexibility index (Phi) is 2.99. The Morgan fingerprint density at radius 3 is 2.55 bits per heavy atom. The largest absolute Gasteiger partial charge is 0.345 e. The van der Waals surface area contributed by atoms with E-state index >= 15 is 0 Å². The first-order valence-electron chi connectivity index (χ1n) is 6.42. The maximum atomic E-state index is 12.0. The molecule has 2 aromatic carbocycles. The molecule has 0 atom stereocenters. The van der Waals surface area contributed by atoms with Crippen LogP contribution in [0.1, 0.15) is 10.4 Å². The normalized spacial score (nSPS) is 10.7. The first kappa shape index (κ1) is 12.4. The topological polar surface area (TPSA) is 49.0 Å². The molecule has 0 radical (unpaired) electrons. The van der Waals surface area contributed by atoms with Crippen molar-refractivity contribution in [2.24, 2.45) is 0 Å². The molecule has 1 aromatic heterocycles. The molecule has 20 heavy (non-hydrogen) atoms. The molecule has 0 saturated carbocycles. The standard InChI is InChI=1S/C16H15N3O/c1-19(2)16(20)12-8-9-13-14(10-12)18-15(17-13)11-6-4-3-5-7-11/h3-10H,1-2H3,(H,17,18). The molecule has 0 saturated heterocycles. The Balaban J connectivity index is 2.06. The van der Waals surface area contributed by atoms with Gasteiger partial charge in [-0.1, -0.05) is 30.3 Å². The first-order valence-corrected chi connectivity index (χ1v) is 6.42. The number of aromatic amines is 1. The van der Waals surface area contributed by atoms with Crippen molar-refractivity contribution in [3.05, 3.63) is 54.1 Å². The van der Waals surface area contributed by atoms with Crippen molar-refractivity contribution in [3.63, 3.8) is 0 Å². The second-order valence-corrected chi connectivity index (χ2v) is 4.88. The van der Waals surface area contributed by atoms with E-state index in [0.29, 0.717) is 5.56 Å². The van der Waals surface area contributed by atoms with E-state index in [1.165, 1.54) is 0 Å². The smallest absolute Gasteiger partial charge is 0.253 e. The zero-order valence-electron chi connectivity index (χ0n) is 11.4. The highest BCUT2D eigenvalue weighted by Crippen LogP contribution is 2.21. The highest BCUT2D eigenvalue weighted by atomic mass is 16.2. The van der Waals surface area contributed by atoms with Crippen molar-refractivity contribution in [2.75, 3.05) is 14.1 Å². The number of fused-ring (bicyclic) bond motifs is 1. The van der Waals surface area contributed by atoms with E-state index in [-0.39, 0.29) is 5.91 Å². The Morgan fingerprint density at radius 2 is 1.85 bits per heavy atom. The van der Waals surface area contributed by atoms with Crippen LogP contribution in [0.5, 0.6) is 0 Å². The van der Waals surface area contributed by atoms with E-state index in [9.17, 15) is 4.79 Å². The number of aromatic nitrogens is 2. The van der Waals surface area contributed by atoms with Crippen LogP contribution in [0.25, 0.3) is 22.4 Å². The Labute approximate surface area is 117 Å². The minimum atomic E-state index is -0.0113. The summed E-state index contributed by atoms with van der Waals surface area (Å²) in [7, 11) is 3.49. The maximum Gasteiger partial charge on any atom is 0.253 e. The minimum Gasteiger partial charge on any atom is -0.345 e.